The van der Waals surface area contributed by atoms with Gasteiger partial charge in [-0.2, -0.15) is 0 Å². The van der Waals surface area contributed by atoms with Crippen LogP contribution < -0.4 is 0 Å². The smallest absolute Gasteiger partial charge is 0.145 e. The van der Waals surface area contributed by atoms with Crippen molar-refractivity contribution in [3.05, 3.63) is 23.6 Å². The van der Waals surface area contributed by atoms with Gasteiger partial charge in [0.05, 0.1) is 32.1 Å². The molecule has 0 aromatic heterocycles. The molecule has 6 atom stereocenters. The van der Waals surface area contributed by atoms with Crippen molar-refractivity contribution in [1.82, 2.24) is 0 Å². The standard InChI is InChI=1S/C8H7ClO2S2/c9-8-3-1-6(13(8)11)7-5(8)2-4-12(7)10/h1-7H/t5-,6+,7+,8-,12+,13?/m0/s1. The molecular formula is C8H7ClO2S2. The lowest BCUT2D eigenvalue weighted by molar-refractivity contribution is 0.609. The van der Waals surface area contributed by atoms with Crippen molar-refractivity contribution in [3.63, 3.8) is 0 Å². The van der Waals surface area contributed by atoms with Crippen LogP contribution in [0.3, 0.4) is 0 Å². The molecule has 1 saturated heterocycles. The van der Waals surface area contributed by atoms with Crippen molar-refractivity contribution in [2.75, 3.05) is 0 Å². The molecule has 3 rings (SSSR count). The Labute approximate surface area is 85.9 Å². The van der Waals surface area contributed by atoms with Crippen molar-refractivity contribution in [2.24, 2.45) is 5.92 Å². The molecule has 0 N–H and O–H groups in total. The fraction of sp³-hybridized carbons (Fsp3) is 0.500. The molecule has 70 valence electrons. The van der Waals surface area contributed by atoms with Crippen LogP contribution >= 0.6 is 11.6 Å². The summed E-state index contributed by atoms with van der Waals surface area (Å²) in [6.45, 7) is 0. The lowest BCUT2D eigenvalue weighted by atomic mass is 9.94. The van der Waals surface area contributed by atoms with E-state index in [0.29, 0.717) is 0 Å². The largest absolute Gasteiger partial charge is 0.257 e. The van der Waals surface area contributed by atoms with Crippen LogP contribution in [0.15, 0.2) is 23.6 Å². The molecule has 0 aromatic rings. The van der Waals surface area contributed by atoms with Crippen molar-refractivity contribution in [2.45, 2.75) is 14.7 Å². The van der Waals surface area contributed by atoms with E-state index in [-0.39, 0.29) is 16.4 Å². The van der Waals surface area contributed by atoms with Crippen LogP contribution in [0.1, 0.15) is 0 Å². The third-order valence-electron chi connectivity index (χ3n) is 2.89. The number of alkyl halides is 1. The Kier molecular flexibility index (Phi) is 1.52. The maximum Gasteiger partial charge on any atom is 0.145 e. The minimum atomic E-state index is -1.09. The monoisotopic (exact) mass is 234 g/mol. The first-order chi connectivity index (χ1) is 6.14. The molecule has 0 amide bonds. The summed E-state index contributed by atoms with van der Waals surface area (Å²) in [6.07, 6.45) is 5.52. The van der Waals surface area contributed by atoms with Crippen LogP contribution in [0, 0.1) is 5.92 Å². The first-order valence-electron chi connectivity index (χ1n) is 4.01. The van der Waals surface area contributed by atoms with E-state index in [1.807, 2.05) is 18.2 Å². The zero-order valence-corrected chi connectivity index (χ0v) is 8.94. The number of hydrogen-bond acceptors (Lipinski definition) is 2. The van der Waals surface area contributed by atoms with Crippen LogP contribution in [0.4, 0.5) is 0 Å². The summed E-state index contributed by atoms with van der Waals surface area (Å²) in [5, 5.41) is 1.55. The molecular weight excluding hydrogens is 228 g/mol. The van der Waals surface area contributed by atoms with E-state index in [1.54, 1.807) is 5.41 Å². The van der Waals surface area contributed by atoms with Gasteiger partial charge in [0, 0.05) is 5.92 Å². The summed E-state index contributed by atoms with van der Waals surface area (Å²) >= 11 is 6.24. The highest BCUT2D eigenvalue weighted by atomic mass is 35.5. The van der Waals surface area contributed by atoms with Crippen LogP contribution in [-0.4, -0.2) is 23.1 Å². The lowest BCUT2D eigenvalue weighted by Gasteiger charge is -2.21. The van der Waals surface area contributed by atoms with Gasteiger partial charge in [-0.25, -0.2) is 0 Å². The van der Waals surface area contributed by atoms with Crippen molar-refractivity contribution in [3.8, 4) is 0 Å². The second-order valence-electron chi connectivity index (χ2n) is 3.47. The SMILES string of the molecule is O=S1[C@@H]2C=C[C@@]1(Cl)[C@H]1C=C[S@@](=O)[C@@H]21. The zero-order valence-electron chi connectivity index (χ0n) is 6.55. The van der Waals surface area contributed by atoms with E-state index >= 15 is 0 Å². The minimum absolute atomic E-state index is 0.00540. The highest BCUT2D eigenvalue weighted by molar-refractivity contribution is 7.94. The molecule has 0 saturated carbocycles. The Morgan fingerprint density at radius 3 is 2.77 bits per heavy atom. The molecule has 0 aromatic carbocycles. The fourth-order valence-corrected chi connectivity index (χ4v) is 6.84. The van der Waals surface area contributed by atoms with Gasteiger partial charge in [0.15, 0.2) is 0 Å². The second kappa shape index (κ2) is 2.35. The summed E-state index contributed by atoms with van der Waals surface area (Å²) in [4.78, 5) is 0. The fourth-order valence-electron chi connectivity index (χ4n) is 2.25. The predicted molar refractivity (Wildman–Crippen MR) is 54.2 cm³/mol. The maximum atomic E-state index is 11.8. The molecule has 0 aliphatic carbocycles. The summed E-state index contributed by atoms with van der Waals surface area (Å²) in [6, 6.07) is 0. The Hall–Kier alpha value is 0.0700. The quantitative estimate of drug-likeness (QED) is 0.461. The zero-order chi connectivity index (χ0) is 9.22. The van der Waals surface area contributed by atoms with Gasteiger partial charge < -0.3 is 0 Å². The molecule has 1 fully saturated rings. The van der Waals surface area contributed by atoms with E-state index in [4.69, 9.17) is 11.6 Å². The van der Waals surface area contributed by atoms with E-state index in [0.717, 1.165) is 0 Å². The average molecular weight is 235 g/mol. The first kappa shape index (κ1) is 8.38. The molecule has 2 bridgehead atoms. The summed E-state index contributed by atoms with van der Waals surface area (Å²) in [5.74, 6) is 0.00540. The minimum Gasteiger partial charge on any atom is -0.257 e. The number of hydrogen-bond donors (Lipinski definition) is 0. The molecule has 3 aliphatic heterocycles. The average Bonchev–Trinajstić information content (AvgIpc) is 2.66. The van der Waals surface area contributed by atoms with Crippen molar-refractivity contribution in [1.29, 1.82) is 0 Å². The number of rotatable bonds is 0. The molecule has 5 heteroatoms. The summed E-state index contributed by atoms with van der Waals surface area (Å²) < 4.78 is 22.6. The van der Waals surface area contributed by atoms with Gasteiger partial charge in [-0.15, -0.1) is 0 Å². The highest BCUT2D eigenvalue weighted by Crippen LogP contribution is 2.53. The molecule has 13 heavy (non-hydrogen) atoms. The number of fused-ring (bicyclic) bond motifs is 5. The second-order valence-corrected chi connectivity index (χ2v) is 7.60. The van der Waals surface area contributed by atoms with E-state index in [1.165, 1.54) is 0 Å². The molecule has 0 radical (unpaired) electrons. The van der Waals surface area contributed by atoms with Crippen LogP contribution in [0.5, 0.6) is 0 Å². The first-order valence-corrected chi connectivity index (χ1v) is 6.88. The van der Waals surface area contributed by atoms with Crippen LogP contribution in [0.25, 0.3) is 0 Å². The van der Waals surface area contributed by atoms with Gasteiger partial charge in [0.1, 0.15) is 4.21 Å². The van der Waals surface area contributed by atoms with Gasteiger partial charge in [-0.1, -0.05) is 29.8 Å². The highest BCUT2D eigenvalue weighted by Gasteiger charge is 2.62. The summed E-state index contributed by atoms with van der Waals surface area (Å²) in [7, 11) is -2.07. The summed E-state index contributed by atoms with van der Waals surface area (Å²) in [5.41, 5.74) is 0. The molecule has 0 spiro atoms. The van der Waals surface area contributed by atoms with Gasteiger partial charge in [0.25, 0.3) is 0 Å². The molecule has 3 heterocycles. The third-order valence-corrected chi connectivity index (χ3v) is 7.41. The maximum absolute atomic E-state index is 11.8. The van der Waals surface area contributed by atoms with Crippen molar-refractivity contribution < 1.29 is 8.42 Å². The van der Waals surface area contributed by atoms with Gasteiger partial charge in [-0.3, -0.25) is 8.42 Å². The molecule has 2 nitrogen and oxygen atoms in total. The van der Waals surface area contributed by atoms with Crippen LogP contribution in [0.2, 0.25) is 0 Å². The van der Waals surface area contributed by atoms with Gasteiger partial charge in [0.2, 0.25) is 0 Å². The Morgan fingerprint density at radius 1 is 1.31 bits per heavy atom. The Bertz CT molecular complexity index is 390. The van der Waals surface area contributed by atoms with E-state index < -0.39 is 25.8 Å². The van der Waals surface area contributed by atoms with E-state index in [2.05, 4.69) is 0 Å². The van der Waals surface area contributed by atoms with Gasteiger partial charge >= 0.3 is 0 Å². The number of halogens is 1. The van der Waals surface area contributed by atoms with Crippen molar-refractivity contribution >= 4 is 33.2 Å². The molecule has 1 unspecified atom stereocenters. The van der Waals surface area contributed by atoms with Crippen LogP contribution in [-0.2, 0) is 21.6 Å². The number of allylic oxidation sites excluding steroid dienone is 1. The third kappa shape index (κ3) is 0.802. The normalized spacial score (nSPS) is 61.8. The predicted octanol–water partition coefficient (Wildman–Crippen LogP) is 0.883. The van der Waals surface area contributed by atoms with E-state index in [9.17, 15) is 8.42 Å². The lowest BCUT2D eigenvalue weighted by Crippen LogP contribution is -2.31. The van der Waals surface area contributed by atoms with Gasteiger partial charge in [-0.05, 0) is 5.41 Å². The Balaban J connectivity index is 2.19. The topological polar surface area (TPSA) is 34.1 Å². The Morgan fingerprint density at radius 2 is 2.08 bits per heavy atom. The molecule has 3 aliphatic rings.